The van der Waals surface area contributed by atoms with E-state index in [1.807, 2.05) is 6.92 Å². The maximum absolute atomic E-state index is 12.3. The minimum absolute atomic E-state index is 0.0203. The van der Waals surface area contributed by atoms with Crippen molar-refractivity contribution in [3.05, 3.63) is 29.8 Å². The van der Waals surface area contributed by atoms with Crippen molar-refractivity contribution in [2.24, 2.45) is 5.73 Å². The van der Waals surface area contributed by atoms with Gasteiger partial charge in [-0.25, -0.2) is 0 Å². The minimum Gasteiger partial charge on any atom is -0.508 e. The maximum Gasteiger partial charge on any atom is 0.240 e. The van der Waals surface area contributed by atoms with E-state index in [9.17, 15) is 14.7 Å². The Kier molecular flexibility index (Phi) is 6.68. The summed E-state index contributed by atoms with van der Waals surface area (Å²) in [5.41, 5.74) is 6.82. The van der Waals surface area contributed by atoms with Gasteiger partial charge in [0, 0.05) is 13.6 Å². The Labute approximate surface area is 124 Å². The molecule has 0 aliphatic rings. The molecule has 1 aromatic carbocycles. The van der Waals surface area contributed by atoms with Gasteiger partial charge in [-0.2, -0.15) is 0 Å². The highest BCUT2D eigenvalue weighted by Gasteiger charge is 2.22. The molecule has 1 atom stereocenters. The summed E-state index contributed by atoms with van der Waals surface area (Å²) >= 11 is 0. The number of rotatable bonds is 7. The van der Waals surface area contributed by atoms with Crippen molar-refractivity contribution in [3.8, 4) is 5.75 Å². The number of hydrogen-bond donors (Lipinski definition) is 3. The molecule has 0 fully saturated rings. The van der Waals surface area contributed by atoms with Gasteiger partial charge in [-0.15, -0.1) is 0 Å². The van der Waals surface area contributed by atoms with E-state index in [0.717, 1.165) is 12.0 Å². The molecular weight excluding hydrogens is 270 g/mol. The van der Waals surface area contributed by atoms with Crippen molar-refractivity contribution < 1.29 is 14.7 Å². The first kappa shape index (κ1) is 17.0. The van der Waals surface area contributed by atoms with Crippen LogP contribution in [0.1, 0.15) is 18.9 Å². The summed E-state index contributed by atoms with van der Waals surface area (Å²) in [5, 5.41) is 11.7. The number of nitrogens with two attached hydrogens (primary N) is 1. The SMILES string of the molecule is CCCN(CC(=O)NC)C(=O)[C@H](N)Cc1ccc(O)cc1. The number of aromatic hydroxyl groups is 1. The summed E-state index contributed by atoms with van der Waals surface area (Å²) in [5.74, 6) is -0.284. The average molecular weight is 293 g/mol. The number of phenolic OH excluding ortho intramolecular Hbond substituents is 1. The molecule has 0 saturated heterocycles. The molecule has 0 unspecified atom stereocenters. The fourth-order valence-corrected chi connectivity index (χ4v) is 2.00. The van der Waals surface area contributed by atoms with Gasteiger partial charge < -0.3 is 21.1 Å². The zero-order valence-corrected chi connectivity index (χ0v) is 12.5. The van der Waals surface area contributed by atoms with Gasteiger partial charge in [0.25, 0.3) is 0 Å². The molecule has 2 amide bonds. The molecule has 1 aromatic rings. The maximum atomic E-state index is 12.3. The van der Waals surface area contributed by atoms with Crippen LogP contribution in [0.2, 0.25) is 0 Å². The smallest absolute Gasteiger partial charge is 0.240 e. The quantitative estimate of drug-likeness (QED) is 0.671. The van der Waals surface area contributed by atoms with Crippen molar-refractivity contribution in [1.82, 2.24) is 10.2 Å². The van der Waals surface area contributed by atoms with E-state index < -0.39 is 6.04 Å². The zero-order chi connectivity index (χ0) is 15.8. The second-order valence-electron chi connectivity index (χ2n) is 4.91. The predicted molar refractivity (Wildman–Crippen MR) is 80.7 cm³/mol. The molecular formula is C15H23N3O3. The molecule has 1 rings (SSSR count). The molecule has 0 aliphatic carbocycles. The molecule has 0 aromatic heterocycles. The van der Waals surface area contributed by atoms with Gasteiger partial charge in [-0.1, -0.05) is 19.1 Å². The van der Waals surface area contributed by atoms with Crippen LogP contribution in [-0.4, -0.2) is 48.0 Å². The van der Waals surface area contributed by atoms with Crippen LogP contribution < -0.4 is 11.1 Å². The molecule has 0 radical (unpaired) electrons. The lowest BCUT2D eigenvalue weighted by Gasteiger charge is -2.24. The highest BCUT2D eigenvalue weighted by atomic mass is 16.3. The summed E-state index contributed by atoms with van der Waals surface area (Å²) < 4.78 is 0. The Morgan fingerprint density at radius 2 is 1.95 bits per heavy atom. The van der Waals surface area contributed by atoms with Gasteiger partial charge in [0.2, 0.25) is 11.8 Å². The molecule has 0 aliphatic heterocycles. The molecule has 0 bridgehead atoms. The van der Waals surface area contributed by atoms with E-state index in [4.69, 9.17) is 5.73 Å². The van der Waals surface area contributed by atoms with Gasteiger partial charge in [-0.05, 0) is 30.5 Å². The van der Waals surface area contributed by atoms with Gasteiger partial charge in [0.15, 0.2) is 0 Å². The topological polar surface area (TPSA) is 95.7 Å². The highest BCUT2D eigenvalue weighted by Crippen LogP contribution is 2.11. The molecule has 21 heavy (non-hydrogen) atoms. The average Bonchev–Trinajstić information content (AvgIpc) is 2.48. The van der Waals surface area contributed by atoms with Crippen LogP contribution in [0, 0.1) is 0 Å². The number of nitrogens with one attached hydrogen (secondary N) is 1. The molecule has 0 heterocycles. The van der Waals surface area contributed by atoms with Crippen LogP contribution in [0.4, 0.5) is 0 Å². The predicted octanol–water partition coefficient (Wildman–Crippen LogP) is 0.247. The van der Waals surface area contributed by atoms with E-state index in [-0.39, 0.29) is 24.1 Å². The van der Waals surface area contributed by atoms with E-state index >= 15 is 0 Å². The summed E-state index contributed by atoms with van der Waals surface area (Å²) in [6, 6.07) is 5.86. The van der Waals surface area contributed by atoms with E-state index in [1.165, 1.54) is 11.9 Å². The molecule has 6 heteroatoms. The van der Waals surface area contributed by atoms with Crippen LogP contribution >= 0.6 is 0 Å². The first-order valence-electron chi connectivity index (χ1n) is 7.00. The molecule has 4 N–H and O–H groups in total. The lowest BCUT2D eigenvalue weighted by Crippen LogP contribution is -2.48. The third-order valence-electron chi connectivity index (χ3n) is 3.13. The van der Waals surface area contributed by atoms with Crippen molar-refractivity contribution in [2.75, 3.05) is 20.1 Å². The largest absolute Gasteiger partial charge is 0.508 e. The normalized spacial score (nSPS) is 11.8. The van der Waals surface area contributed by atoms with Crippen molar-refractivity contribution in [3.63, 3.8) is 0 Å². The standard InChI is InChI=1S/C15H23N3O3/c1-3-8-18(10-14(20)17-2)15(21)13(16)9-11-4-6-12(19)7-5-11/h4-7,13,19H,3,8-10,16H2,1-2H3,(H,17,20)/t13-/m1/s1. The number of hydrogen-bond acceptors (Lipinski definition) is 4. The zero-order valence-electron chi connectivity index (χ0n) is 12.5. The number of carbonyl (C=O) groups excluding carboxylic acids is 2. The van der Waals surface area contributed by atoms with Gasteiger partial charge in [0.05, 0.1) is 12.6 Å². The minimum atomic E-state index is -0.703. The van der Waals surface area contributed by atoms with Crippen molar-refractivity contribution in [1.29, 1.82) is 0 Å². The van der Waals surface area contributed by atoms with Crippen LogP contribution in [0.15, 0.2) is 24.3 Å². The number of phenols is 1. The van der Waals surface area contributed by atoms with Crippen molar-refractivity contribution in [2.45, 2.75) is 25.8 Å². The molecule has 6 nitrogen and oxygen atoms in total. The number of nitrogens with zero attached hydrogens (tertiary/aromatic N) is 1. The first-order chi connectivity index (χ1) is 9.97. The third kappa shape index (κ3) is 5.43. The highest BCUT2D eigenvalue weighted by molar-refractivity contribution is 5.87. The summed E-state index contributed by atoms with van der Waals surface area (Å²) in [4.78, 5) is 25.2. The van der Waals surface area contributed by atoms with Crippen LogP contribution in [0.3, 0.4) is 0 Å². The Hall–Kier alpha value is -2.08. The van der Waals surface area contributed by atoms with Crippen molar-refractivity contribution >= 4 is 11.8 Å². The van der Waals surface area contributed by atoms with E-state index in [2.05, 4.69) is 5.32 Å². The third-order valence-corrected chi connectivity index (χ3v) is 3.13. The van der Waals surface area contributed by atoms with Gasteiger partial charge in [0.1, 0.15) is 5.75 Å². The number of likely N-dealkylation sites (N-methyl/N-ethyl adjacent to an activating group) is 1. The van der Waals surface area contributed by atoms with Crippen LogP contribution in [-0.2, 0) is 16.0 Å². The van der Waals surface area contributed by atoms with Crippen LogP contribution in [0.25, 0.3) is 0 Å². The Morgan fingerprint density at radius 3 is 2.48 bits per heavy atom. The lowest BCUT2D eigenvalue weighted by molar-refractivity contribution is -0.137. The van der Waals surface area contributed by atoms with E-state index in [0.29, 0.717) is 13.0 Å². The monoisotopic (exact) mass is 293 g/mol. The molecule has 116 valence electrons. The summed E-state index contributed by atoms with van der Waals surface area (Å²) in [6.45, 7) is 2.46. The number of amides is 2. The fraction of sp³-hybridized carbons (Fsp3) is 0.467. The number of carbonyl (C=O) groups is 2. The van der Waals surface area contributed by atoms with E-state index in [1.54, 1.807) is 24.3 Å². The molecule has 0 saturated carbocycles. The van der Waals surface area contributed by atoms with Crippen LogP contribution in [0.5, 0.6) is 5.75 Å². The molecule has 0 spiro atoms. The summed E-state index contributed by atoms with van der Waals surface area (Å²) in [7, 11) is 1.54. The van der Waals surface area contributed by atoms with Gasteiger partial charge in [-0.3, -0.25) is 9.59 Å². The Bertz CT molecular complexity index is 474. The fourth-order valence-electron chi connectivity index (χ4n) is 2.00. The first-order valence-corrected chi connectivity index (χ1v) is 7.00. The lowest BCUT2D eigenvalue weighted by atomic mass is 10.1. The number of benzene rings is 1. The second-order valence-corrected chi connectivity index (χ2v) is 4.91. The van der Waals surface area contributed by atoms with Gasteiger partial charge >= 0.3 is 0 Å². The Balaban J connectivity index is 2.68. The Morgan fingerprint density at radius 1 is 1.33 bits per heavy atom. The second kappa shape index (κ2) is 8.26. The summed E-state index contributed by atoms with van der Waals surface area (Å²) in [6.07, 6.45) is 1.13.